The number of aromatic nitrogens is 1. The zero-order valence-corrected chi connectivity index (χ0v) is 19.3. The predicted molar refractivity (Wildman–Crippen MR) is 131 cm³/mol. The second-order valence-corrected chi connectivity index (χ2v) is 9.25. The maximum absolute atomic E-state index is 12.9. The number of ether oxygens (including phenoxy) is 1. The molecule has 0 spiro atoms. The van der Waals surface area contributed by atoms with Crippen molar-refractivity contribution in [3.8, 4) is 5.75 Å². The van der Waals surface area contributed by atoms with Crippen LogP contribution in [0, 0.1) is 0 Å². The summed E-state index contributed by atoms with van der Waals surface area (Å²) in [4.78, 5) is 47.1. The number of amides is 2. The van der Waals surface area contributed by atoms with E-state index in [0.29, 0.717) is 28.3 Å². The molecule has 1 aromatic heterocycles. The molecule has 1 N–H and O–H groups in total. The molecular weight excluding hydrogens is 460 g/mol. The molecule has 4 rings (SSSR count). The minimum atomic E-state index is -0.599. The molecule has 0 aliphatic carbocycles. The number of fused-ring (bicyclic) bond motifs is 1. The maximum Gasteiger partial charge on any atom is 0.308 e. The smallest absolute Gasteiger partial charge is 0.308 e. The van der Waals surface area contributed by atoms with Crippen molar-refractivity contribution in [2.75, 3.05) is 11.9 Å². The number of aliphatic imine (C=N–C) groups is 1. The third kappa shape index (κ3) is 5.47. The van der Waals surface area contributed by atoms with E-state index in [1.807, 2.05) is 24.3 Å². The molecule has 2 aromatic carbocycles. The minimum Gasteiger partial charge on any atom is -0.427 e. The number of para-hydroxylation sites is 1. The molecule has 1 aliphatic heterocycles. The third-order valence-electron chi connectivity index (χ3n) is 4.58. The first-order valence-electron chi connectivity index (χ1n) is 10.0. The average molecular weight is 481 g/mol. The van der Waals surface area contributed by atoms with Gasteiger partial charge in [0, 0.05) is 25.6 Å². The van der Waals surface area contributed by atoms with Crippen LogP contribution in [0.4, 0.5) is 10.8 Å². The Labute approximate surface area is 198 Å². The molecule has 8 nitrogen and oxygen atoms in total. The number of carbonyl (C=O) groups is 3. The van der Waals surface area contributed by atoms with E-state index in [4.69, 9.17) is 4.74 Å². The number of thiazole rings is 1. The molecule has 0 radical (unpaired) electrons. The van der Waals surface area contributed by atoms with E-state index in [9.17, 15) is 14.4 Å². The van der Waals surface area contributed by atoms with E-state index in [0.717, 1.165) is 10.2 Å². The fourth-order valence-electron chi connectivity index (χ4n) is 3.16. The van der Waals surface area contributed by atoms with Crippen molar-refractivity contribution >= 4 is 67.1 Å². The van der Waals surface area contributed by atoms with Gasteiger partial charge in [-0.05, 0) is 36.4 Å². The second-order valence-electron chi connectivity index (χ2n) is 7.07. The SMILES string of the molecule is C=CCN1C(=O)C(CC(=O)Nc2ccc(OC(C)=O)cc2)SC1=Nc1nc2ccccc2s1. The van der Waals surface area contributed by atoms with Crippen molar-refractivity contribution < 1.29 is 19.1 Å². The summed E-state index contributed by atoms with van der Waals surface area (Å²) in [5.41, 5.74) is 1.39. The number of nitrogens with zero attached hydrogens (tertiary/aromatic N) is 3. The summed E-state index contributed by atoms with van der Waals surface area (Å²) in [5.74, 6) is -0.533. The highest BCUT2D eigenvalue weighted by Crippen LogP contribution is 2.34. The quantitative estimate of drug-likeness (QED) is 0.306. The van der Waals surface area contributed by atoms with Crippen LogP contribution in [0.5, 0.6) is 5.75 Å². The highest BCUT2D eigenvalue weighted by Gasteiger charge is 2.38. The summed E-state index contributed by atoms with van der Waals surface area (Å²) < 4.78 is 5.99. The van der Waals surface area contributed by atoms with Gasteiger partial charge in [0.1, 0.15) is 11.0 Å². The molecule has 3 aromatic rings. The summed E-state index contributed by atoms with van der Waals surface area (Å²) in [6, 6.07) is 14.2. The van der Waals surface area contributed by atoms with Crippen LogP contribution in [0.1, 0.15) is 13.3 Å². The van der Waals surface area contributed by atoms with Crippen molar-refractivity contribution in [3.63, 3.8) is 0 Å². The number of hydrogen-bond acceptors (Lipinski definition) is 8. The van der Waals surface area contributed by atoms with Gasteiger partial charge in [0.25, 0.3) is 0 Å². The van der Waals surface area contributed by atoms with E-state index in [-0.39, 0.29) is 18.2 Å². The molecule has 10 heteroatoms. The Morgan fingerprint density at radius 3 is 2.70 bits per heavy atom. The number of anilines is 1. The summed E-state index contributed by atoms with van der Waals surface area (Å²) in [7, 11) is 0. The molecule has 1 aliphatic rings. The van der Waals surface area contributed by atoms with Crippen molar-refractivity contribution in [2.24, 2.45) is 4.99 Å². The fourth-order valence-corrected chi connectivity index (χ4v) is 5.21. The number of amidine groups is 1. The third-order valence-corrected chi connectivity index (χ3v) is 6.68. The van der Waals surface area contributed by atoms with Gasteiger partial charge in [-0.1, -0.05) is 41.3 Å². The first-order chi connectivity index (χ1) is 15.9. The van der Waals surface area contributed by atoms with Gasteiger partial charge in [-0.3, -0.25) is 19.3 Å². The lowest BCUT2D eigenvalue weighted by atomic mass is 10.2. The molecule has 1 fully saturated rings. The normalized spacial score (nSPS) is 16.9. The summed E-state index contributed by atoms with van der Waals surface area (Å²) in [6.07, 6.45) is 1.61. The number of thioether (sulfide) groups is 1. The lowest BCUT2D eigenvalue weighted by Crippen LogP contribution is -2.33. The first kappa shape index (κ1) is 22.7. The van der Waals surface area contributed by atoms with E-state index in [1.54, 1.807) is 30.3 Å². The van der Waals surface area contributed by atoms with Gasteiger partial charge in [-0.25, -0.2) is 4.98 Å². The zero-order chi connectivity index (χ0) is 23.4. The summed E-state index contributed by atoms with van der Waals surface area (Å²) in [5, 5.41) is 3.22. The van der Waals surface area contributed by atoms with Gasteiger partial charge in [0.15, 0.2) is 5.17 Å². The van der Waals surface area contributed by atoms with E-state index >= 15 is 0 Å². The number of hydrogen-bond donors (Lipinski definition) is 1. The molecule has 0 saturated carbocycles. The summed E-state index contributed by atoms with van der Waals surface area (Å²) in [6.45, 7) is 5.33. The predicted octanol–water partition coefficient (Wildman–Crippen LogP) is 4.37. The van der Waals surface area contributed by atoms with Crippen molar-refractivity contribution in [1.29, 1.82) is 0 Å². The van der Waals surface area contributed by atoms with Crippen LogP contribution in [0.15, 0.2) is 66.2 Å². The average Bonchev–Trinajstić information content (AvgIpc) is 3.31. The van der Waals surface area contributed by atoms with Gasteiger partial charge < -0.3 is 10.1 Å². The van der Waals surface area contributed by atoms with Crippen LogP contribution >= 0.6 is 23.1 Å². The lowest BCUT2D eigenvalue weighted by Gasteiger charge is -2.13. The van der Waals surface area contributed by atoms with Gasteiger partial charge in [-0.2, -0.15) is 4.99 Å². The van der Waals surface area contributed by atoms with Gasteiger partial charge in [-0.15, -0.1) is 6.58 Å². The largest absolute Gasteiger partial charge is 0.427 e. The molecular formula is C23H20N4O4S2. The Balaban J connectivity index is 1.45. The van der Waals surface area contributed by atoms with Crippen LogP contribution in [0.3, 0.4) is 0 Å². The van der Waals surface area contributed by atoms with Gasteiger partial charge >= 0.3 is 5.97 Å². The van der Waals surface area contributed by atoms with E-state index < -0.39 is 11.2 Å². The second kappa shape index (κ2) is 9.97. The molecule has 1 atom stereocenters. The zero-order valence-electron chi connectivity index (χ0n) is 17.7. The topological polar surface area (TPSA) is 101 Å². The van der Waals surface area contributed by atoms with Gasteiger partial charge in [0.2, 0.25) is 16.9 Å². The number of esters is 1. The van der Waals surface area contributed by atoms with Crippen molar-refractivity contribution in [3.05, 3.63) is 61.2 Å². The Kier molecular flexibility index (Phi) is 6.85. The molecule has 0 bridgehead atoms. The van der Waals surface area contributed by atoms with Crippen LogP contribution in [0.25, 0.3) is 10.2 Å². The minimum absolute atomic E-state index is 0.0122. The van der Waals surface area contributed by atoms with E-state index in [2.05, 4.69) is 21.9 Å². The number of nitrogens with one attached hydrogen (secondary N) is 1. The molecule has 2 amide bonds. The molecule has 33 heavy (non-hydrogen) atoms. The monoisotopic (exact) mass is 480 g/mol. The van der Waals surface area contributed by atoms with Crippen molar-refractivity contribution in [2.45, 2.75) is 18.6 Å². The van der Waals surface area contributed by atoms with Gasteiger partial charge in [0.05, 0.1) is 10.2 Å². The molecule has 168 valence electrons. The highest BCUT2D eigenvalue weighted by molar-refractivity contribution is 8.15. The fraction of sp³-hybridized carbons (Fsp3) is 0.174. The first-order valence-corrected chi connectivity index (χ1v) is 11.7. The maximum atomic E-state index is 12.9. The number of rotatable bonds is 7. The number of carbonyl (C=O) groups excluding carboxylic acids is 3. The highest BCUT2D eigenvalue weighted by atomic mass is 32.2. The van der Waals surface area contributed by atoms with Crippen LogP contribution in [-0.2, 0) is 14.4 Å². The van der Waals surface area contributed by atoms with Crippen LogP contribution in [-0.4, -0.2) is 44.6 Å². The number of benzene rings is 2. The molecule has 1 unspecified atom stereocenters. The standard InChI is InChI=1S/C23H20N4O4S2/c1-3-12-27-21(30)19(13-20(29)24-15-8-10-16(11-9-15)31-14(2)28)33-23(27)26-22-25-17-6-4-5-7-18(17)32-22/h3-11,19H,1,12-13H2,2H3,(H,24,29). The molecule has 2 heterocycles. The summed E-state index contributed by atoms with van der Waals surface area (Å²) >= 11 is 2.69. The Morgan fingerprint density at radius 2 is 2.00 bits per heavy atom. The van der Waals surface area contributed by atoms with E-state index in [1.165, 1.54) is 34.9 Å². The van der Waals surface area contributed by atoms with Crippen molar-refractivity contribution in [1.82, 2.24) is 9.88 Å². The Hall–Kier alpha value is -3.50. The Morgan fingerprint density at radius 1 is 1.24 bits per heavy atom. The lowest BCUT2D eigenvalue weighted by molar-refractivity contribution is -0.132. The van der Waals surface area contributed by atoms with Crippen LogP contribution < -0.4 is 10.1 Å². The van der Waals surface area contributed by atoms with Crippen LogP contribution in [0.2, 0.25) is 0 Å². The Bertz CT molecular complexity index is 1220. The molecule has 1 saturated heterocycles.